The van der Waals surface area contributed by atoms with Gasteiger partial charge in [0, 0.05) is 0 Å². The SMILES string of the molecule is N/C(=C(/C(=O)OI)C(F)(F)F)C(F)(F)F. The highest BCUT2D eigenvalue weighted by atomic mass is 127. The number of halogens is 7. The van der Waals surface area contributed by atoms with Crippen molar-refractivity contribution in [2.24, 2.45) is 5.73 Å². The van der Waals surface area contributed by atoms with E-state index in [1.807, 2.05) is 0 Å². The zero-order valence-electron chi connectivity index (χ0n) is 6.54. The minimum atomic E-state index is -5.53. The first-order valence-corrected chi connectivity index (χ1v) is 3.87. The summed E-state index contributed by atoms with van der Waals surface area (Å²) in [6.45, 7) is 0. The number of nitrogens with two attached hydrogens (primary N) is 1. The first-order valence-electron chi connectivity index (χ1n) is 2.99. The molecular formula is C5H2F6INO2. The predicted molar refractivity (Wildman–Crippen MR) is 43.4 cm³/mol. The molecule has 0 rings (SSSR count). The Hall–Kier alpha value is -0.680. The van der Waals surface area contributed by atoms with Crippen LogP contribution in [0.2, 0.25) is 0 Å². The van der Waals surface area contributed by atoms with Crippen molar-refractivity contribution in [1.29, 1.82) is 0 Å². The molecule has 0 atom stereocenters. The second kappa shape index (κ2) is 4.45. The van der Waals surface area contributed by atoms with Gasteiger partial charge in [-0.1, -0.05) is 0 Å². The van der Waals surface area contributed by atoms with Gasteiger partial charge >= 0.3 is 18.3 Å². The summed E-state index contributed by atoms with van der Waals surface area (Å²) in [5.74, 6) is -2.20. The van der Waals surface area contributed by atoms with Crippen molar-refractivity contribution in [3.05, 3.63) is 11.3 Å². The van der Waals surface area contributed by atoms with Gasteiger partial charge in [0.05, 0.1) is 0 Å². The van der Waals surface area contributed by atoms with Gasteiger partial charge in [0.25, 0.3) is 0 Å². The number of alkyl halides is 6. The molecule has 0 heterocycles. The lowest BCUT2D eigenvalue weighted by Crippen LogP contribution is -2.31. The Balaban J connectivity index is 5.59. The van der Waals surface area contributed by atoms with E-state index in [1.165, 1.54) is 0 Å². The minimum absolute atomic E-state index is 0.724. The van der Waals surface area contributed by atoms with Crippen LogP contribution in [0.25, 0.3) is 0 Å². The van der Waals surface area contributed by atoms with Crippen molar-refractivity contribution in [2.45, 2.75) is 12.4 Å². The molecule has 0 amide bonds. The highest BCUT2D eigenvalue weighted by Gasteiger charge is 2.48. The highest BCUT2D eigenvalue weighted by Crippen LogP contribution is 2.34. The van der Waals surface area contributed by atoms with E-state index >= 15 is 0 Å². The molecule has 0 bridgehead atoms. The maximum atomic E-state index is 12.0. The van der Waals surface area contributed by atoms with Gasteiger partial charge in [-0.3, -0.25) is 0 Å². The molecule has 0 aliphatic carbocycles. The molecule has 88 valence electrons. The van der Waals surface area contributed by atoms with E-state index in [-0.39, 0.29) is 0 Å². The van der Waals surface area contributed by atoms with Crippen LogP contribution in [0.4, 0.5) is 26.3 Å². The summed E-state index contributed by atoms with van der Waals surface area (Å²) in [7, 11) is 0. The molecule has 15 heavy (non-hydrogen) atoms. The summed E-state index contributed by atoms with van der Waals surface area (Å²) >= 11 is 0.724. The Morgan fingerprint density at radius 2 is 1.47 bits per heavy atom. The van der Waals surface area contributed by atoms with Crippen LogP contribution in [-0.2, 0) is 7.86 Å². The molecule has 3 nitrogen and oxygen atoms in total. The van der Waals surface area contributed by atoms with Crippen molar-refractivity contribution in [1.82, 2.24) is 0 Å². The molecule has 0 aliphatic rings. The lowest BCUT2D eigenvalue weighted by atomic mass is 10.2. The van der Waals surface area contributed by atoms with Crippen LogP contribution >= 0.6 is 23.0 Å². The van der Waals surface area contributed by atoms with Gasteiger partial charge < -0.3 is 8.80 Å². The second-order valence-corrected chi connectivity index (χ2v) is 2.59. The number of hydrogen-bond donors (Lipinski definition) is 1. The standard InChI is InChI=1S/C5H2F6INO2/c6-4(7,8)1(3(14)15-12)2(13)5(9,10)11/h13H2/b2-1-. The van der Waals surface area contributed by atoms with Gasteiger partial charge in [-0.2, -0.15) is 26.3 Å². The average Bonchev–Trinajstić information content (AvgIpc) is 1.99. The molecule has 0 saturated carbocycles. The predicted octanol–water partition coefficient (Wildman–Crippen LogP) is 2.22. The van der Waals surface area contributed by atoms with Gasteiger partial charge in [0.1, 0.15) is 5.70 Å². The van der Waals surface area contributed by atoms with Gasteiger partial charge in [-0.25, -0.2) is 4.79 Å². The zero-order chi connectivity index (χ0) is 12.4. The maximum Gasteiger partial charge on any atom is 0.431 e. The van der Waals surface area contributed by atoms with Crippen molar-refractivity contribution in [3.63, 3.8) is 0 Å². The molecule has 10 heteroatoms. The van der Waals surface area contributed by atoms with Crippen molar-refractivity contribution in [3.8, 4) is 0 Å². The molecule has 0 aromatic carbocycles. The fourth-order valence-electron chi connectivity index (χ4n) is 0.559. The minimum Gasteiger partial charge on any atom is -0.394 e. The van der Waals surface area contributed by atoms with E-state index in [0.29, 0.717) is 0 Å². The Morgan fingerprint density at radius 1 is 1.07 bits per heavy atom. The van der Waals surface area contributed by atoms with E-state index < -0.39 is 29.6 Å². The van der Waals surface area contributed by atoms with Crippen LogP contribution in [0.15, 0.2) is 11.3 Å². The van der Waals surface area contributed by atoms with E-state index in [0.717, 1.165) is 23.0 Å². The number of allylic oxidation sites excluding steroid dienone is 1. The molecule has 0 aromatic heterocycles. The summed E-state index contributed by atoms with van der Waals surface area (Å²) in [5, 5.41) is 0. The lowest BCUT2D eigenvalue weighted by Gasteiger charge is -2.14. The van der Waals surface area contributed by atoms with Gasteiger partial charge in [0.15, 0.2) is 28.6 Å². The molecule has 0 aromatic rings. The van der Waals surface area contributed by atoms with Crippen molar-refractivity contribution in [2.75, 3.05) is 0 Å². The molecule has 0 radical (unpaired) electrons. The number of carbonyl (C=O) groups excluding carboxylic acids is 1. The first kappa shape index (κ1) is 14.3. The van der Waals surface area contributed by atoms with Crippen LogP contribution < -0.4 is 5.73 Å². The van der Waals surface area contributed by atoms with Crippen LogP contribution in [0, 0.1) is 0 Å². The summed E-state index contributed by atoms with van der Waals surface area (Å²) < 4.78 is 75.0. The third kappa shape index (κ3) is 3.76. The third-order valence-electron chi connectivity index (χ3n) is 1.13. The maximum absolute atomic E-state index is 12.0. The van der Waals surface area contributed by atoms with Crippen LogP contribution in [0.5, 0.6) is 0 Å². The molecular weight excluding hydrogens is 347 g/mol. The fraction of sp³-hybridized carbons (Fsp3) is 0.400. The molecule has 0 spiro atoms. The van der Waals surface area contributed by atoms with Crippen LogP contribution in [0.3, 0.4) is 0 Å². The Labute approximate surface area is 92.9 Å². The van der Waals surface area contributed by atoms with E-state index in [2.05, 4.69) is 8.80 Å². The summed E-state index contributed by atoms with van der Waals surface area (Å²) in [5.41, 5.74) is -0.908. The van der Waals surface area contributed by atoms with Crippen LogP contribution in [-0.4, -0.2) is 18.3 Å². The second-order valence-electron chi connectivity index (χ2n) is 2.15. The normalized spacial score (nSPS) is 14.6. The smallest absolute Gasteiger partial charge is 0.394 e. The largest absolute Gasteiger partial charge is 0.431 e. The summed E-state index contributed by atoms with van der Waals surface area (Å²) in [4.78, 5) is 10.5. The average molecular weight is 349 g/mol. The van der Waals surface area contributed by atoms with Gasteiger partial charge in [0.2, 0.25) is 0 Å². The zero-order valence-corrected chi connectivity index (χ0v) is 8.70. The van der Waals surface area contributed by atoms with Gasteiger partial charge in [-0.05, 0) is 0 Å². The van der Waals surface area contributed by atoms with E-state index in [9.17, 15) is 31.1 Å². The Bertz CT molecular complexity index is 293. The van der Waals surface area contributed by atoms with E-state index in [4.69, 9.17) is 0 Å². The molecule has 0 unspecified atom stereocenters. The molecule has 0 aliphatic heterocycles. The van der Waals surface area contributed by atoms with Crippen molar-refractivity contribution < 1.29 is 34.2 Å². The highest BCUT2D eigenvalue weighted by molar-refractivity contribution is 14.1. The van der Waals surface area contributed by atoms with Crippen LogP contribution in [0.1, 0.15) is 0 Å². The summed E-state index contributed by atoms with van der Waals surface area (Å²) in [6.07, 6.45) is -11.0. The number of hydrogen-bond acceptors (Lipinski definition) is 3. The molecule has 0 saturated heterocycles. The Kier molecular flexibility index (Phi) is 4.25. The topological polar surface area (TPSA) is 52.3 Å². The first-order chi connectivity index (χ1) is 6.51. The third-order valence-corrected chi connectivity index (χ3v) is 1.53. The molecule has 0 fully saturated rings. The van der Waals surface area contributed by atoms with Crippen molar-refractivity contribution >= 4 is 29.0 Å². The summed E-state index contributed by atoms with van der Waals surface area (Å²) in [6, 6.07) is 0. The fourth-order valence-corrected chi connectivity index (χ4v) is 0.779. The number of rotatable bonds is 1. The lowest BCUT2D eigenvalue weighted by molar-refractivity contribution is -0.145. The monoisotopic (exact) mass is 349 g/mol. The van der Waals surface area contributed by atoms with Gasteiger partial charge in [-0.15, -0.1) is 0 Å². The quantitative estimate of drug-likeness (QED) is 0.449. The molecule has 2 N–H and O–H groups in total. The van der Waals surface area contributed by atoms with E-state index in [1.54, 1.807) is 0 Å². The Morgan fingerprint density at radius 3 is 1.67 bits per heavy atom. The number of carbonyl (C=O) groups is 1.